The average Bonchev–Trinajstić information content (AvgIpc) is 3.31. The Kier molecular flexibility index (Phi) is 8.47. The van der Waals surface area contributed by atoms with Crippen LogP contribution in [0.15, 0.2) is 55.5 Å². The molecule has 2 aromatic heterocycles. The molecule has 3 heterocycles. The molecule has 2 amide bonds. The fraction of sp³-hybridized carbons (Fsp3) is 0.433. The number of aromatic nitrogens is 4. The molecule has 1 aliphatic rings. The second-order valence-electron chi connectivity index (χ2n) is 11.2. The van der Waals surface area contributed by atoms with Crippen molar-refractivity contribution < 1.29 is 9.59 Å². The van der Waals surface area contributed by atoms with Crippen LogP contribution >= 0.6 is 0 Å². The maximum atomic E-state index is 12.7. The van der Waals surface area contributed by atoms with Crippen LogP contribution in [-0.4, -0.2) is 62.9 Å². The van der Waals surface area contributed by atoms with Gasteiger partial charge in [0.05, 0.1) is 23.6 Å². The zero-order valence-corrected chi connectivity index (χ0v) is 23.6. The van der Waals surface area contributed by atoms with Crippen LogP contribution in [0.5, 0.6) is 0 Å². The Hall–Kier alpha value is -4.01. The molecule has 39 heavy (non-hydrogen) atoms. The average molecular weight is 530 g/mol. The van der Waals surface area contributed by atoms with E-state index in [0.29, 0.717) is 12.2 Å². The van der Waals surface area contributed by atoms with E-state index in [2.05, 4.69) is 57.2 Å². The van der Waals surface area contributed by atoms with Crippen molar-refractivity contribution >= 4 is 17.5 Å². The highest BCUT2D eigenvalue weighted by atomic mass is 16.2. The van der Waals surface area contributed by atoms with Gasteiger partial charge in [-0.25, -0.2) is 4.68 Å². The minimum absolute atomic E-state index is 0.0506. The monoisotopic (exact) mass is 529 g/mol. The number of benzene rings is 1. The molecule has 0 bridgehead atoms. The Labute approximate surface area is 230 Å². The van der Waals surface area contributed by atoms with Gasteiger partial charge in [0, 0.05) is 44.5 Å². The Bertz CT molecular complexity index is 1340. The lowest BCUT2D eigenvalue weighted by atomic mass is 9.99. The molecule has 1 aromatic carbocycles. The number of carbonyl (C=O) groups excluding carboxylic acids is 2. The minimum atomic E-state index is -0.249. The fourth-order valence-electron chi connectivity index (χ4n) is 4.88. The number of pyridine rings is 1. The van der Waals surface area contributed by atoms with Crippen LogP contribution in [0.1, 0.15) is 61.6 Å². The predicted molar refractivity (Wildman–Crippen MR) is 153 cm³/mol. The number of nitrogens with one attached hydrogen (secondary N) is 1. The molecule has 3 aromatic rings. The number of nitrogens with zero attached hydrogens (tertiary/aromatic N) is 6. The zero-order valence-electron chi connectivity index (χ0n) is 23.6. The molecule has 0 radical (unpaired) electrons. The standard InChI is InChI=1S/C30H39N7O2/c1-7-28(38)35(6)24-10-8-9-15-36(19-24)27-18-31-14-13-25(27)22-11-12-23(21(2)16-22)17-32-29(39)26-20-37(34-33-26)30(3,4)5/h7,11-14,16,18,20,24H,1,8-10,15,17,19H2,2-6H3,(H,32,39)/t24-/m1/s1. The summed E-state index contributed by atoms with van der Waals surface area (Å²) < 4.78 is 1.69. The van der Waals surface area contributed by atoms with E-state index < -0.39 is 0 Å². The van der Waals surface area contributed by atoms with Crippen LogP contribution < -0.4 is 10.2 Å². The van der Waals surface area contributed by atoms with Crippen LogP contribution in [0, 0.1) is 6.92 Å². The predicted octanol–water partition coefficient (Wildman–Crippen LogP) is 4.34. The molecule has 1 saturated heterocycles. The van der Waals surface area contributed by atoms with Gasteiger partial charge in [0.2, 0.25) is 5.91 Å². The summed E-state index contributed by atoms with van der Waals surface area (Å²) in [6.45, 7) is 13.8. The molecule has 0 unspecified atom stereocenters. The van der Waals surface area contributed by atoms with Crippen molar-refractivity contribution in [3.05, 3.63) is 72.3 Å². The maximum Gasteiger partial charge on any atom is 0.273 e. The fourth-order valence-corrected chi connectivity index (χ4v) is 4.88. The van der Waals surface area contributed by atoms with Gasteiger partial charge >= 0.3 is 0 Å². The minimum Gasteiger partial charge on any atom is -0.368 e. The van der Waals surface area contributed by atoms with E-state index in [1.54, 1.807) is 15.8 Å². The van der Waals surface area contributed by atoms with Gasteiger partial charge in [-0.05, 0) is 75.8 Å². The number of aryl methyl sites for hydroxylation is 1. The molecule has 0 saturated carbocycles. The summed E-state index contributed by atoms with van der Waals surface area (Å²) in [6.07, 6.45) is 9.88. The molecule has 9 nitrogen and oxygen atoms in total. The van der Waals surface area contributed by atoms with Crippen molar-refractivity contribution in [2.75, 3.05) is 25.0 Å². The lowest BCUT2D eigenvalue weighted by molar-refractivity contribution is -0.126. The number of carbonyl (C=O) groups is 2. The second kappa shape index (κ2) is 11.8. The van der Waals surface area contributed by atoms with E-state index in [9.17, 15) is 9.59 Å². The van der Waals surface area contributed by atoms with Crippen LogP contribution in [0.25, 0.3) is 11.1 Å². The third kappa shape index (κ3) is 6.53. The van der Waals surface area contributed by atoms with Gasteiger partial charge in [-0.3, -0.25) is 14.6 Å². The molecule has 1 aliphatic heterocycles. The number of likely N-dealkylation sites (N-methyl/N-ethyl adjacent to an activating group) is 1. The van der Waals surface area contributed by atoms with E-state index in [4.69, 9.17) is 0 Å². The Balaban J connectivity index is 1.50. The normalized spacial score (nSPS) is 15.9. The lowest BCUT2D eigenvalue weighted by Crippen LogP contribution is -2.43. The largest absolute Gasteiger partial charge is 0.368 e. The number of hydrogen-bond donors (Lipinski definition) is 1. The van der Waals surface area contributed by atoms with E-state index in [-0.39, 0.29) is 23.4 Å². The number of anilines is 1. The summed E-state index contributed by atoms with van der Waals surface area (Å²) in [4.78, 5) is 33.5. The molecular weight excluding hydrogens is 490 g/mol. The van der Waals surface area contributed by atoms with E-state index in [0.717, 1.165) is 60.3 Å². The molecule has 206 valence electrons. The first-order chi connectivity index (χ1) is 18.6. The van der Waals surface area contributed by atoms with Crippen molar-refractivity contribution in [1.82, 2.24) is 30.2 Å². The summed E-state index contributed by atoms with van der Waals surface area (Å²) in [6, 6.07) is 8.46. The van der Waals surface area contributed by atoms with Gasteiger partial charge in [-0.1, -0.05) is 30.0 Å². The van der Waals surface area contributed by atoms with Gasteiger partial charge < -0.3 is 15.1 Å². The Morgan fingerprint density at radius 1 is 1.23 bits per heavy atom. The van der Waals surface area contributed by atoms with E-state index in [1.165, 1.54) is 6.08 Å². The molecule has 1 N–H and O–H groups in total. The summed E-state index contributed by atoms with van der Waals surface area (Å²) in [5, 5.41) is 11.1. The highest BCUT2D eigenvalue weighted by Gasteiger charge is 2.25. The smallest absolute Gasteiger partial charge is 0.273 e. The van der Waals surface area contributed by atoms with Crippen molar-refractivity contribution in [2.24, 2.45) is 0 Å². The van der Waals surface area contributed by atoms with Gasteiger partial charge in [-0.15, -0.1) is 5.10 Å². The van der Waals surface area contributed by atoms with Crippen molar-refractivity contribution in [3.63, 3.8) is 0 Å². The lowest BCUT2D eigenvalue weighted by Gasteiger charge is -2.32. The summed E-state index contributed by atoms with van der Waals surface area (Å²) in [5.41, 5.74) is 5.43. The molecule has 9 heteroatoms. The van der Waals surface area contributed by atoms with Crippen molar-refractivity contribution in [2.45, 2.75) is 65.1 Å². The maximum absolute atomic E-state index is 12.7. The molecule has 0 spiro atoms. The molecule has 1 fully saturated rings. The molecule has 1 atom stereocenters. The Morgan fingerprint density at radius 3 is 2.72 bits per heavy atom. The summed E-state index contributed by atoms with van der Waals surface area (Å²) in [5.74, 6) is -0.300. The highest BCUT2D eigenvalue weighted by Crippen LogP contribution is 2.33. The molecule has 0 aliphatic carbocycles. The number of rotatable bonds is 7. The topological polar surface area (TPSA) is 96.2 Å². The van der Waals surface area contributed by atoms with Gasteiger partial charge in [0.15, 0.2) is 5.69 Å². The van der Waals surface area contributed by atoms with Crippen molar-refractivity contribution in [1.29, 1.82) is 0 Å². The quantitative estimate of drug-likeness (QED) is 0.458. The summed E-state index contributed by atoms with van der Waals surface area (Å²) >= 11 is 0. The van der Waals surface area contributed by atoms with Crippen LogP contribution in [0.4, 0.5) is 5.69 Å². The van der Waals surface area contributed by atoms with Gasteiger partial charge in [0.25, 0.3) is 5.91 Å². The van der Waals surface area contributed by atoms with Gasteiger partial charge in [-0.2, -0.15) is 0 Å². The number of amides is 2. The first-order valence-corrected chi connectivity index (χ1v) is 13.5. The zero-order chi connectivity index (χ0) is 28.2. The van der Waals surface area contributed by atoms with Crippen LogP contribution in [-0.2, 0) is 16.9 Å². The summed E-state index contributed by atoms with van der Waals surface area (Å²) in [7, 11) is 1.86. The van der Waals surface area contributed by atoms with Crippen molar-refractivity contribution in [3.8, 4) is 11.1 Å². The van der Waals surface area contributed by atoms with Crippen LogP contribution in [0.2, 0.25) is 0 Å². The molecular formula is C30H39N7O2. The van der Waals surface area contributed by atoms with Gasteiger partial charge in [0.1, 0.15) is 0 Å². The third-order valence-electron chi connectivity index (χ3n) is 7.36. The molecule has 4 rings (SSSR count). The second-order valence-corrected chi connectivity index (χ2v) is 11.2. The highest BCUT2D eigenvalue weighted by molar-refractivity contribution is 5.91. The van der Waals surface area contributed by atoms with Crippen LogP contribution in [0.3, 0.4) is 0 Å². The first-order valence-electron chi connectivity index (χ1n) is 13.5. The van der Waals surface area contributed by atoms with E-state index in [1.807, 2.05) is 46.3 Å². The third-order valence-corrected chi connectivity index (χ3v) is 7.36. The number of hydrogen-bond acceptors (Lipinski definition) is 6. The first kappa shape index (κ1) is 28.0. The van der Waals surface area contributed by atoms with E-state index >= 15 is 0 Å². The SMILES string of the molecule is C=CC(=O)N(C)[C@@H]1CCCCN(c2cnccc2-c2ccc(CNC(=O)c3cn(C(C)(C)C)nn3)c(C)c2)C1. The Morgan fingerprint density at radius 2 is 2.03 bits per heavy atom.